The highest BCUT2D eigenvalue weighted by Gasteiger charge is 2.42. The van der Waals surface area contributed by atoms with Gasteiger partial charge in [0.1, 0.15) is 17.6 Å². The van der Waals surface area contributed by atoms with Gasteiger partial charge in [-0.05, 0) is 98.5 Å². The molecule has 0 bridgehead atoms. The first-order chi connectivity index (χ1) is 36.6. The lowest BCUT2D eigenvalue weighted by Gasteiger charge is -2.47. The van der Waals surface area contributed by atoms with Crippen molar-refractivity contribution in [2.24, 2.45) is 12.5 Å². The van der Waals surface area contributed by atoms with Crippen LogP contribution < -0.4 is 36.2 Å². The number of aliphatic hydroxyl groups is 1. The molecule has 1 unspecified atom stereocenters. The number of fused-ring (bicyclic) bond motifs is 4. The minimum Gasteiger partial charge on any atom is -0.392 e. The van der Waals surface area contributed by atoms with E-state index in [0.29, 0.717) is 90.2 Å². The molecule has 76 heavy (non-hydrogen) atoms. The maximum absolute atomic E-state index is 14.1. The van der Waals surface area contributed by atoms with E-state index >= 15 is 0 Å². The Morgan fingerprint density at radius 2 is 1.72 bits per heavy atom. The molecule has 8 heterocycles. The summed E-state index contributed by atoms with van der Waals surface area (Å²) in [6.07, 6.45) is 10.6. The van der Waals surface area contributed by atoms with Crippen molar-refractivity contribution in [2.45, 2.75) is 97.1 Å². The van der Waals surface area contributed by atoms with Crippen LogP contribution in [0.1, 0.15) is 95.2 Å². The molecule has 2 aromatic carbocycles. The molecule has 3 aromatic heterocycles. The number of anilines is 5. The molecule has 3 saturated heterocycles. The zero-order valence-corrected chi connectivity index (χ0v) is 43.2. The summed E-state index contributed by atoms with van der Waals surface area (Å²) in [5.74, 6) is -1.34. The van der Waals surface area contributed by atoms with E-state index in [1.807, 2.05) is 36.4 Å². The number of nitrogens with one attached hydrogen (secondary N) is 3. The van der Waals surface area contributed by atoms with Crippen molar-refractivity contribution in [3.05, 3.63) is 117 Å². The van der Waals surface area contributed by atoms with Gasteiger partial charge in [0.25, 0.3) is 17.4 Å². The van der Waals surface area contributed by atoms with Crippen LogP contribution in [0.15, 0.2) is 71.8 Å². The second-order valence-corrected chi connectivity index (χ2v) is 21.7. The maximum atomic E-state index is 14.1. The van der Waals surface area contributed by atoms with Crippen LogP contribution in [0.5, 0.6) is 0 Å². The van der Waals surface area contributed by atoms with Crippen LogP contribution in [0.4, 0.5) is 28.7 Å². The molecule has 6 amide bonds. The van der Waals surface area contributed by atoms with E-state index in [1.165, 1.54) is 21.9 Å². The summed E-state index contributed by atoms with van der Waals surface area (Å²) >= 11 is 0. The quantitative estimate of drug-likeness (QED) is 0.0791. The van der Waals surface area contributed by atoms with E-state index in [9.17, 15) is 38.7 Å². The number of imide groups is 2. The van der Waals surface area contributed by atoms with Crippen LogP contribution in [0.2, 0.25) is 0 Å². The smallest absolute Gasteiger partial charge is 0.293 e. The monoisotopic (exact) mass is 1030 g/mol. The number of piperazine rings is 1. The highest BCUT2D eigenvalue weighted by atomic mass is 16.3. The number of aryl methyl sites for hydroxylation is 1. The molecule has 0 radical (unpaired) electrons. The number of hydrogen-bond acceptors (Lipinski definition) is 14. The summed E-state index contributed by atoms with van der Waals surface area (Å²) < 4.78 is 3.54. The molecule has 20 nitrogen and oxygen atoms in total. The van der Waals surface area contributed by atoms with Crippen molar-refractivity contribution in [1.29, 1.82) is 0 Å². The standard InChI is InChI=1S/C56H62N12O8/c1-33-28-64(37-15-18-63(19-16-37)44-7-5-6-39-40(44)29-68(53(39)74)45-11-13-49(72)61-52(45)73)20-21-65(33)43-10-9-36(24-34(43)8-12-48(71)58-32-70)59-50-55(76)62(4)30-42(60-50)38-14-17-57-51(41(38)31-69)67-23-22-66-46(54(67)75)25-35-26-56(2,3)27-47(35)66/h5-10,12,14,17,24-25,30,32-33,37,45,69H,11,13,15-16,18-23,26-29,31H2,1-4H3,(H,59,60)(H,58,70,71)(H,61,72,73)/t33-,45?/m0/s1. The fraction of sp³-hybridized carbons (Fsp3) is 0.411. The molecule has 20 heteroatoms. The van der Waals surface area contributed by atoms with E-state index in [0.717, 1.165) is 68.8 Å². The average molecular weight is 1030 g/mol. The summed E-state index contributed by atoms with van der Waals surface area (Å²) in [6, 6.07) is 14.9. The van der Waals surface area contributed by atoms with Gasteiger partial charge in [0, 0.05) is 147 Å². The number of benzene rings is 2. The first-order valence-corrected chi connectivity index (χ1v) is 26.1. The number of pyridine rings is 1. The Hall–Kier alpha value is -7.97. The normalized spacial score (nSPS) is 20.8. The van der Waals surface area contributed by atoms with Gasteiger partial charge in [-0.2, -0.15) is 0 Å². The molecule has 1 aliphatic carbocycles. The largest absolute Gasteiger partial charge is 0.392 e. The Morgan fingerprint density at radius 1 is 0.908 bits per heavy atom. The molecule has 6 aliphatic rings. The Kier molecular flexibility index (Phi) is 13.2. The van der Waals surface area contributed by atoms with Crippen LogP contribution in [0.25, 0.3) is 17.3 Å². The lowest BCUT2D eigenvalue weighted by molar-refractivity contribution is -0.137. The number of amides is 6. The van der Waals surface area contributed by atoms with E-state index in [1.54, 1.807) is 41.4 Å². The SMILES string of the molecule is C[C@H]1CN(C2CCN(c3cccc4c3CN(C3CCC(=O)NC3=O)C4=O)CC2)CCN1c1ccc(Nc2nc(-c3ccnc(N4CCn5c(cc6c5CC(C)(C)C6)C4=O)c3CO)cn(C)c2=O)cc1C=CC(=O)NC=O. The Bertz CT molecular complexity index is 3320. The summed E-state index contributed by atoms with van der Waals surface area (Å²) in [6.45, 7) is 11.4. The molecule has 0 spiro atoms. The third-order valence-corrected chi connectivity index (χ3v) is 16.2. The highest BCUT2D eigenvalue weighted by molar-refractivity contribution is 6.07. The third kappa shape index (κ3) is 9.22. The third-order valence-electron chi connectivity index (χ3n) is 16.2. The average Bonchev–Trinajstić information content (AvgIpc) is 4.03. The number of aromatic nitrogens is 4. The molecule has 5 aromatic rings. The number of aliphatic hydroxyl groups excluding tert-OH is 1. The molecule has 2 atom stereocenters. The summed E-state index contributed by atoms with van der Waals surface area (Å²) in [5, 5.41) is 18.7. The Morgan fingerprint density at radius 3 is 2.49 bits per heavy atom. The van der Waals surface area contributed by atoms with Gasteiger partial charge in [-0.25, -0.2) is 9.97 Å². The first kappa shape index (κ1) is 50.2. The zero-order chi connectivity index (χ0) is 53.2. The highest BCUT2D eigenvalue weighted by Crippen LogP contribution is 2.41. The zero-order valence-electron chi connectivity index (χ0n) is 43.2. The van der Waals surface area contributed by atoms with Gasteiger partial charge in [0.2, 0.25) is 24.1 Å². The Labute approximate surface area is 439 Å². The first-order valence-electron chi connectivity index (χ1n) is 26.1. The van der Waals surface area contributed by atoms with Crippen molar-refractivity contribution in [2.75, 3.05) is 59.3 Å². The number of piperidine rings is 2. The van der Waals surface area contributed by atoms with Gasteiger partial charge < -0.3 is 34.3 Å². The van der Waals surface area contributed by atoms with Gasteiger partial charge in [0.15, 0.2) is 5.82 Å². The summed E-state index contributed by atoms with van der Waals surface area (Å²) in [5.41, 5.74) is 8.65. The predicted molar refractivity (Wildman–Crippen MR) is 285 cm³/mol. The number of carbonyl (C=O) groups excluding carboxylic acids is 6. The second kappa shape index (κ2) is 20.0. The van der Waals surface area contributed by atoms with Crippen LogP contribution in [0.3, 0.4) is 0 Å². The predicted octanol–water partition coefficient (Wildman–Crippen LogP) is 3.89. The fourth-order valence-corrected chi connectivity index (χ4v) is 12.5. The number of carbonyl (C=O) groups is 6. The van der Waals surface area contributed by atoms with Crippen molar-refractivity contribution >= 4 is 70.7 Å². The van der Waals surface area contributed by atoms with E-state index < -0.39 is 30.0 Å². The fourth-order valence-electron chi connectivity index (χ4n) is 12.5. The Balaban J connectivity index is 0.788. The number of nitrogens with zero attached hydrogens (tertiary/aromatic N) is 9. The van der Waals surface area contributed by atoms with E-state index in [2.05, 4.69) is 67.0 Å². The molecule has 3 fully saturated rings. The van der Waals surface area contributed by atoms with Crippen molar-refractivity contribution in [1.82, 2.24) is 39.5 Å². The van der Waals surface area contributed by atoms with Gasteiger partial charge >= 0.3 is 0 Å². The van der Waals surface area contributed by atoms with Crippen LogP contribution in [0, 0.1) is 5.41 Å². The van der Waals surface area contributed by atoms with Crippen LogP contribution >= 0.6 is 0 Å². The van der Waals surface area contributed by atoms with Crippen LogP contribution in [-0.4, -0.2) is 127 Å². The molecular formula is C56H62N12O8. The van der Waals surface area contributed by atoms with Gasteiger partial charge in [0.05, 0.1) is 12.3 Å². The molecule has 4 N–H and O–H groups in total. The second-order valence-electron chi connectivity index (χ2n) is 21.7. The maximum Gasteiger partial charge on any atom is 0.293 e. The van der Waals surface area contributed by atoms with Crippen molar-refractivity contribution in [3.63, 3.8) is 0 Å². The summed E-state index contributed by atoms with van der Waals surface area (Å²) in [4.78, 5) is 110. The molecule has 11 rings (SSSR count). The minimum absolute atomic E-state index is 0.0142. The summed E-state index contributed by atoms with van der Waals surface area (Å²) in [7, 11) is 1.62. The number of hydrogen-bond donors (Lipinski definition) is 4. The molecule has 5 aliphatic heterocycles. The van der Waals surface area contributed by atoms with Crippen LogP contribution in [-0.2, 0) is 58.8 Å². The van der Waals surface area contributed by atoms with Gasteiger partial charge in [-0.15, -0.1) is 0 Å². The van der Waals surface area contributed by atoms with Crippen molar-refractivity contribution in [3.8, 4) is 11.3 Å². The van der Waals surface area contributed by atoms with E-state index in [-0.39, 0.29) is 41.4 Å². The van der Waals surface area contributed by atoms with Gasteiger partial charge in [-0.1, -0.05) is 19.9 Å². The van der Waals surface area contributed by atoms with Gasteiger partial charge in [-0.3, -0.25) is 54.0 Å². The number of rotatable bonds is 12. The lowest BCUT2D eigenvalue weighted by Crippen LogP contribution is -2.57. The molecule has 0 saturated carbocycles. The topological polar surface area (TPSA) is 228 Å². The molecule has 394 valence electrons. The van der Waals surface area contributed by atoms with Crippen molar-refractivity contribution < 1.29 is 33.9 Å². The molecular weight excluding hydrogens is 969 g/mol. The lowest BCUT2D eigenvalue weighted by atomic mass is 9.90. The van der Waals surface area contributed by atoms with E-state index in [4.69, 9.17) is 4.98 Å². The minimum atomic E-state index is -0.669.